The van der Waals surface area contributed by atoms with Crippen molar-refractivity contribution in [2.75, 3.05) is 14.2 Å². The molecule has 1 aromatic heterocycles. The van der Waals surface area contributed by atoms with Gasteiger partial charge in [0.15, 0.2) is 11.5 Å². The Morgan fingerprint density at radius 3 is 2.41 bits per heavy atom. The normalized spacial score (nSPS) is 11.1. The maximum Gasteiger partial charge on any atom is 0.293 e. The smallest absolute Gasteiger partial charge is 0.293 e. The molecule has 0 aliphatic carbocycles. The lowest BCUT2D eigenvalue weighted by molar-refractivity contribution is -0.129. The lowest BCUT2D eigenvalue weighted by Gasteiger charge is -2.11. The average molecular weight is 480 g/mol. The van der Waals surface area contributed by atoms with Crippen LogP contribution in [0.2, 0.25) is 0 Å². The molecule has 0 spiro atoms. The SMILES string of the molecule is COc1cccc(-n2cc(-c3ccccc3S(=O)(=O)c3ccc(COC=O)cc3)nn2)c1OC. The summed E-state index contributed by atoms with van der Waals surface area (Å²) < 4.78 is 43.9. The fourth-order valence-electron chi connectivity index (χ4n) is 3.49. The molecular formula is C24H21N3O6S. The van der Waals surface area contributed by atoms with Crippen LogP contribution in [0, 0.1) is 0 Å². The summed E-state index contributed by atoms with van der Waals surface area (Å²) in [7, 11) is -0.802. The van der Waals surface area contributed by atoms with Crippen molar-refractivity contribution in [1.82, 2.24) is 15.0 Å². The number of hydrogen-bond acceptors (Lipinski definition) is 8. The van der Waals surface area contributed by atoms with Crippen molar-refractivity contribution in [3.63, 3.8) is 0 Å². The molecule has 0 amide bonds. The lowest BCUT2D eigenvalue weighted by atomic mass is 10.2. The molecule has 0 saturated carbocycles. The first kappa shape index (κ1) is 23.0. The summed E-state index contributed by atoms with van der Waals surface area (Å²) in [6.45, 7) is 0.409. The summed E-state index contributed by atoms with van der Waals surface area (Å²) in [6, 6.07) is 18.1. The fourth-order valence-corrected chi connectivity index (χ4v) is 4.96. The van der Waals surface area contributed by atoms with Crippen molar-refractivity contribution in [2.24, 2.45) is 0 Å². The number of hydrogen-bond donors (Lipinski definition) is 0. The zero-order valence-corrected chi connectivity index (χ0v) is 19.2. The number of benzene rings is 3. The monoisotopic (exact) mass is 479 g/mol. The number of carbonyl (C=O) groups is 1. The maximum atomic E-state index is 13.4. The third-order valence-electron chi connectivity index (χ3n) is 5.13. The van der Waals surface area contributed by atoms with Crippen molar-refractivity contribution in [1.29, 1.82) is 0 Å². The minimum Gasteiger partial charge on any atom is -0.493 e. The Morgan fingerprint density at radius 1 is 0.941 bits per heavy atom. The largest absolute Gasteiger partial charge is 0.493 e. The summed E-state index contributed by atoms with van der Waals surface area (Å²) in [6.07, 6.45) is 1.63. The third kappa shape index (κ3) is 4.35. The molecule has 3 aromatic carbocycles. The Morgan fingerprint density at radius 2 is 1.71 bits per heavy atom. The third-order valence-corrected chi connectivity index (χ3v) is 6.95. The number of carbonyl (C=O) groups excluding carboxylic acids is 1. The second-order valence-corrected chi connectivity index (χ2v) is 9.03. The summed E-state index contributed by atoms with van der Waals surface area (Å²) >= 11 is 0. The molecule has 174 valence electrons. The highest BCUT2D eigenvalue weighted by Crippen LogP contribution is 2.35. The van der Waals surface area contributed by atoms with Crippen LogP contribution in [0.15, 0.2) is 82.7 Å². The van der Waals surface area contributed by atoms with E-state index >= 15 is 0 Å². The lowest BCUT2D eigenvalue weighted by Crippen LogP contribution is -2.04. The summed E-state index contributed by atoms with van der Waals surface area (Å²) in [5.74, 6) is 1.00. The number of sulfone groups is 1. The van der Waals surface area contributed by atoms with E-state index in [1.165, 1.54) is 37.1 Å². The van der Waals surface area contributed by atoms with E-state index in [1.54, 1.807) is 54.7 Å². The summed E-state index contributed by atoms with van der Waals surface area (Å²) in [5, 5.41) is 8.39. The number of para-hydroxylation sites is 1. The van der Waals surface area contributed by atoms with Gasteiger partial charge < -0.3 is 14.2 Å². The predicted molar refractivity (Wildman–Crippen MR) is 123 cm³/mol. The van der Waals surface area contributed by atoms with Crippen LogP contribution in [0.5, 0.6) is 11.5 Å². The molecule has 0 aliphatic heterocycles. The van der Waals surface area contributed by atoms with Gasteiger partial charge in [0.25, 0.3) is 6.47 Å². The van der Waals surface area contributed by atoms with Crippen molar-refractivity contribution in [2.45, 2.75) is 16.4 Å². The Balaban J connectivity index is 1.73. The van der Waals surface area contributed by atoms with E-state index in [2.05, 4.69) is 10.3 Å². The van der Waals surface area contributed by atoms with Crippen LogP contribution in [-0.2, 0) is 26.0 Å². The van der Waals surface area contributed by atoms with Crippen molar-refractivity contribution in [3.8, 4) is 28.4 Å². The second kappa shape index (κ2) is 9.75. The number of rotatable bonds is 9. The van der Waals surface area contributed by atoms with E-state index in [-0.39, 0.29) is 16.4 Å². The Bertz CT molecular complexity index is 1410. The molecule has 0 N–H and O–H groups in total. The Labute approximate surface area is 196 Å². The van der Waals surface area contributed by atoms with Crippen LogP contribution in [0.1, 0.15) is 5.56 Å². The molecule has 10 heteroatoms. The van der Waals surface area contributed by atoms with Gasteiger partial charge in [-0.2, -0.15) is 0 Å². The van der Waals surface area contributed by atoms with Gasteiger partial charge in [-0.05, 0) is 35.9 Å². The van der Waals surface area contributed by atoms with E-state index in [0.29, 0.717) is 40.5 Å². The molecular weight excluding hydrogens is 458 g/mol. The molecule has 9 nitrogen and oxygen atoms in total. The standard InChI is InChI=1S/C24H21N3O6S/c1-31-22-8-5-7-21(24(22)32-2)27-14-20(25-26-27)19-6-3-4-9-23(19)34(29,30)18-12-10-17(11-13-18)15-33-16-28/h3-14,16H,15H2,1-2H3. The molecule has 0 unspecified atom stereocenters. The zero-order valence-electron chi connectivity index (χ0n) is 18.4. The van der Waals surface area contributed by atoms with Gasteiger partial charge in [-0.1, -0.05) is 41.6 Å². The highest BCUT2D eigenvalue weighted by molar-refractivity contribution is 7.91. The Kier molecular flexibility index (Phi) is 6.60. The molecule has 0 bridgehead atoms. The number of ether oxygens (including phenoxy) is 3. The van der Waals surface area contributed by atoms with Gasteiger partial charge >= 0.3 is 0 Å². The number of nitrogens with zero attached hydrogens (tertiary/aromatic N) is 3. The molecule has 1 heterocycles. The highest BCUT2D eigenvalue weighted by Gasteiger charge is 2.23. The maximum absolute atomic E-state index is 13.4. The minimum atomic E-state index is -3.87. The first-order chi connectivity index (χ1) is 16.5. The van der Waals surface area contributed by atoms with Crippen LogP contribution in [0.4, 0.5) is 0 Å². The van der Waals surface area contributed by atoms with E-state index < -0.39 is 9.84 Å². The van der Waals surface area contributed by atoms with Gasteiger partial charge in [-0.3, -0.25) is 4.79 Å². The zero-order chi connectivity index (χ0) is 24.1. The molecule has 0 radical (unpaired) electrons. The minimum absolute atomic E-state index is 0.0667. The Hall–Kier alpha value is -4.18. The fraction of sp³-hybridized carbons (Fsp3) is 0.125. The van der Waals surface area contributed by atoms with Crippen molar-refractivity contribution >= 4 is 16.3 Å². The molecule has 4 rings (SSSR count). The first-order valence-electron chi connectivity index (χ1n) is 10.1. The topological polar surface area (TPSA) is 110 Å². The van der Waals surface area contributed by atoms with E-state index in [9.17, 15) is 13.2 Å². The van der Waals surface area contributed by atoms with Gasteiger partial charge in [0.1, 0.15) is 18.0 Å². The molecule has 0 aliphatic rings. The van der Waals surface area contributed by atoms with Crippen LogP contribution >= 0.6 is 0 Å². The molecule has 34 heavy (non-hydrogen) atoms. The van der Waals surface area contributed by atoms with Crippen LogP contribution in [0.25, 0.3) is 16.9 Å². The highest BCUT2D eigenvalue weighted by atomic mass is 32.2. The molecule has 4 aromatic rings. The summed E-state index contributed by atoms with van der Waals surface area (Å²) in [4.78, 5) is 10.6. The number of methoxy groups -OCH3 is 2. The van der Waals surface area contributed by atoms with E-state index in [0.717, 1.165) is 0 Å². The van der Waals surface area contributed by atoms with Crippen LogP contribution < -0.4 is 9.47 Å². The first-order valence-corrected chi connectivity index (χ1v) is 11.6. The molecule has 0 saturated heterocycles. The summed E-state index contributed by atoms with van der Waals surface area (Å²) in [5.41, 5.74) is 2.05. The molecule has 0 fully saturated rings. The van der Waals surface area contributed by atoms with Crippen LogP contribution in [-0.4, -0.2) is 44.1 Å². The quantitative estimate of drug-likeness (QED) is 0.336. The number of aromatic nitrogens is 3. The van der Waals surface area contributed by atoms with Gasteiger partial charge in [-0.15, -0.1) is 5.10 Å². The van der Waals surface area contributed by atoms with Gasteiger partial charge in [0, 0.05) is 5.56 Å². The second-order valence-electron chi connectivity index (χ2n) is 7.11. The van der Waals surface area contributed by atoms with Gasteiger partial charge in [0.05, 0.1) is 30.2 Å². The van der Waals surface area contributed by atoms with Gasteiger partial charge in [0.2, 0.25) is 9.84 Å². The van der Waals surface area contributed by atoms with Crippen molar-refractivity contribution < 1.29 is 27.4 Å². The van der Waals surface area contributed by atoms with E-state index in [1.807, 2.05) is 0 Å². The predicted octanol–water partition coefficient (Wildman–Crippen LogP) is 3.46. The van der Waals surface area contributed by atoms with E-state index in [4.69, 9.17) is 14.2 Å². The average Bonchev–Trinajstić information content (AvgIpc) is 3.37. The molecule has 0 atom stereocenters. The van der Waals surface area contributed by atoms with Gasteiger partial charge in [-0.25, -0.2) is 13.1 Å². The van der Waals surface area contributed by atoms with Crippen LogP contribution in [0.3, 0.4) is 0 Å². The van der Waals surface area contributed by atoms with Crippen molar-refractivity contribution in [3.05, 3.63) is 78.5 Å².